The molecule has 0 aromatic carbocycles. The van der Waals surface area contributed by atoms with Crippen molar-refractivity contribution in [1.29, 1.82) is 0 Å². The van der Waals surface area contributed by atoms with E-state index in [-0.39, 0.29) is 5.91 Å². The number of piperidine rings is 2. The molecule has 2 N–H and O–H groups in total. The van der Waals surface area contributed by atoms with Crippen LogP contribution in [0.1, 0.15) is 51.9 Å². The summed E-state index contributed by atoms with van der Waals surface area (Å²) in [5.74, 6) is 0.0160. The lowest BCUT2D eigenvalue weighted by Crippen LogP contribution is -2.46. The number of carbonyl (C=O) groups excluding carboxylic acids is 1. The van der Waals surface area contributed by atoms with Gasteiger partial charge in [-0.2, -0.15) is 0 Å². The Morgan fingerprint density at radius 1 is 1.19 bits per heavy atom. The first-order valence-electron chi connectivity index (χ1n) is 8.23. The molecule has 3 rings (SSSR count). The van der Waals surface area contributed by atoms with Crippen molar-refractivity contribution in [3.63, 3.8) is 0 Å². The van der Waals surface area contributed by atoms with Crippen molar-refractivity contribution in [3.05, 3.63) is 0 Å². The minimum atomic E-state index is -0.732. The zero-order valence-electron chi connectivity index (χ0n) is 12.8. The normalized spacial score (nSPS) is 34.7. The Hall–Kier alpha value is -1.10. The Morgan fingerprint density at radius 2 is 1.76 bits per heavy atom. The summed E-state index contributed by atoms with van der Waals surface area (Å²) < 4.78 is 0. The zero-order chi connectivity index (χ0) is 15.0. The van der Waals surface area contributed by atoms with Gasteiger partial charge >= 0.3 is 5.97 Å². The first-order chi connectivity index (χ1) is 9.96. The molecule has 5 nitrogen and oxygen atoms in total. The molecule has 21 heavy (non-hydrogen) atoms. The van der Waals surface area contributed by atoms with Crippen molar-refractivity contribution in [1.82, 2.24) is 10.2 Å². The average Bonchev–Trinajstić information content (AvgIpc) is 2.78. The van der Waals surface area contributed by atoms with Gasteiger partial charge in [-0.1, -0.05) is 0 Å². The molecule has 3 aliphatic heterocycles. The van der Waals surface area contributed by atoms with Crippen molar-refractivity contribution in [2.24, 2.45) is 11.3 Å². The fraction of sp³-hybridized carbons (Fsp3) is 0.875. The van der Waals surface area contributed by atoms with E-state index in [4.69, 9.17) is 0 Å². The highest BCUT2D eigenvalue weighted by atomic mass is 16.4. The van der Waals surface area contributed by atoms with Crippen LogP contribution in [0.4, 0.5) is 0 Å². The third-order valence-corrected chi connectivity index (χ3v) is 5.77. The van der Waals surface area contributed by atoms with Crippen LogP contribution < -0.4 is 5.32 Å². The van der Waals surface area contributed by atoms with E-state index >= 15 is 0 Å². The lowest BCUT2D eigenvalue weighted by molar-refractivity contribution is -0.153. The molecule has 2 unspecified atom stereocenters. The van der Waals surface area contributed by atoms with Gasteiger partial charge in [0.2, 0.25) is 5.91 Å². The largest absolute Gasteiger partial charge is 0.481 e. The number of rotatable bonds is 3. The lowest BCUT2D eigenvalue weighted by Gasteiger charge is -2.37. The van der Waals surface area contributed by atoms with E-state index in [1.807, 2.05) is 4.90 Å². The van der Waals surface area contributed by atoms with Crippen LogP contribution in [0.2, 0.25) is 0 Å². The number of hydrogen-bond acceptors (Lipinski definition) is 3. The Kier molecular flexibility index (Phi) is 3.95. The summed E-state index contributed by atoms with van der Waals surface area (Å²) in [5.41, 5.74) is -0.648. The molecule has 5 heteroatoms. The first kappa shape index (κ1) is 14.8. The Balaban J connectivity index is 1.49. The average molecular weight is 294 g/mol. The summed E-state index contributed by atoms with van der Waals surface area (Å²) in [4.78, 5) is 25.6. The fourth-order valence-corrected chi connectivity index (χ4v) is 4.18. The minimum Gasteiger partial charge on any atom is -0.481 e. The summed E-state index contributed by atoms with van der Waals surface area (Å²) >= 11 is 0. The van der Waals surface area contributed by atoms with Crippen LogP contribution in [0.15, 0.2) is 0 Å². The van der Waals surface area contributed by atoms with Gasteiger partial charge in [0.15, 0.2) is 0 Å². The second kappa shape index (κ2) is 5.59. The van der Waals surface area contributed by atoms with Crippen LogP contribution in [0, 0.1) is 11.3 Å². The molecule has 118 valence electrons. The number of carboxylic acids is 1. The SMILES string of the molecule is CC1(C(=O)O)CCN(C(=O)CC2CC3CCC(C2)N3)CC1. The number of amides is 1. The second-order valence-corrected chi connectivity index (χ2v) is 7.43. The molecule has 3 saturated heterocycles. The van der Waals surface area contributed by atoms with E-state index in [1.54, 1.807) is 6.92 Å². The maximum atomic E-state index is 12.4. The first-order valence-corrected chi connectivity index (χ1v) is 8.23. The van der Waals surface area contributed by atoms with Crippen molar-refractivity contribution in [2.45, 2.75) is 64.0 Å². The standard InChI is InChI=1S/C16H26N2O3/c1-16(15(20)21)4-6-18(7-5-16)14(19)10-11-8-12-2-3-13(9-11)17-12/h11-13,17H,2-10H2,1H3,(H,20,21). The van der Waals surface area contributed by atoms with Crippen LogP contribution in [0.5, 0.6) is 0 Å². The van der Waals surface area contributed by atoms with Crippen LogP contribution >= 0.6 is 0 Å². The molecule has 3 heterocycles. The second-order valence-electron chi connectivity index (χ2n) is 7.43. The zero-order valence-corrected chi connectivity index (χ0v) is 12.8. The minimum absolute atomic E-state index is 0.230. The molecule has 3 fully saturated rings. The van der Waals surface area contributed by atoms with Gasteiger partial charge in [0.05, 0.1) is 5.41 Å². The van der Waals surface area contributed by atoms with Gasteiger partial charge in [0, 0.05) is 31.6 Å². The van der Waals surface area contributed by atoms with Crippen LogP contribution in [-0.4, -0.2) is 47.1 Å². The highest BCUT2D eigenvalue weighted by Gasteiger charge is 2.39. The van der Waals surface area contributed by atoms with Gasteiger partial charge in [-0.25, -0.2) is 0 Å². The highest BCUT2D eigenvalue weighted by molar-refractivity contribution is 5.78. The summed E-state index contributed by atoms with van der Waals surface area (Å²) in [6.45, 7) is 2.99. The van der Waals surface area contributed by atoms with Crippen molar-refractivity contribution < 1.29 is 14.7 Å². The third-order valence-electron chi connectivity index (χ3n) is 5.77. The third kappa shape index (κ3) is 3.07. The predicted octanol–water partition coefficient (Wildman–Crippen LogP) is 1.62. The molecule has 0 aromatic rings. The molecule has 2 atom stereocenters. The van der Waals surface area contributed by atoms with E-state index in [0.717, 1.165) is 12.8 Å². The predicted molar refractivity (Wildman–Crippen MR) is 78.8 cm³/mol. The lowest BCUT2D eigenvalue weighted by atomic mass is 9.80. The van der Waals surface area contributed by atoms with E-state index < -0.39 is 11.4 Å². The summed E-state index contributed by atoms with van der Waals surface area (Å²) in [5, 5.41) is 12.8. The molecule has 3 aliphatic rings. The van der Waals surface area contributed by atoms with E-state index in [2.05, 4.69) is 5.32 Å². The van der Waals surface area contributed by atoms with Crippen LogP contribution in [0.3, 0.4) is 0 Å². The van der Waals surface area contributed by atoms with Crippen molar-refractivity contribution in [2.75, 3.05) is 13.1 Å². The quantitative estimate of drug-likeness (QED) is 0.830. The van der Waals surface area contributed by atoms with Gasteiger partial charge in [0.1, 0.15) is 0 Å². The number of nitrogens with one attached hydrogen (secondary N) is 1. The number of carbonyl (C=O) groups is 2. The fourth-order valence-electron chi connectivity index (χ4n) is 4.18. The van der Waals surface area contributed by atoms with Crippen LogP contribution in [0.25, 0.3) is 0 Å². The molecular weight excluding hydrogens is 268 g/mol. The summed E-state index contributed by atoms with van der Waals surface area (Å²) in [6.07, 6.45) is 6.58. The number of hydrogen-bond donors (Lipinski definition) is 2. The van der Waals surface area contributed by atoms with Gasteiger partial charge in [-0.15, -0.1) is 0 Å². The van der Waals surface area contributed by atoms with E-state index in [0.29, 0.717) is 50.4 Å². The van der Waals surface area contributed by atoms with Crippen molar-refractivity contribution >= 4 is 11.9 Å². The number of likely N-dealkylation sites (tertiary alicyclic amines) is 1. The number of nitrogens with zero attached hydrogens (tertiary/aromatic N) is 1. The molecule has 2 bridgehead atoms. The van der Waals surface area contributed by atoms with Crippen molar-refractivity contribution in [3.8, 4) is 0 Å². The van der Waals surface area contributed by atoms with E-state index in [9.17, 15) is 14.7 Å². The van der Waals surface area contributed by atoms with Gasteiger partial charge in [-0.3, -0.25) is 9.59 Å². The number of carboxylic acid groups (broad SMARTS) is 1. The maximum absolute atomic E-state index is 12.4. The summed E-state index contributed by atoms with van der Waals surface area (Å²) in [7, 11) is 0. The molecule has 1 amide bonds. The van der Waals surface area contributed by atoms with Gasteiger partial charge in [-0.05, 0) is 51.4 Å². The number of fused-ring (bicyclic) bond motifs is 2. The topological polar surface area (TPSA) is 69.6 Å². The van der Waals surface area contributed by atoms with E-state index in [1.165, 1.54) is 12.8 Å². The Morgan fingerprint density at radius 3 is 2.29 bits per heavy atom. The molecule has 0 spiro atoms. The maximum Gasteiger partial charge on any atom is 0.309 e. The Bertz CT molecular complexity index is 417. The smallest absolute Gasteiger partial charge is 0.309 e. The molecule has 0 aliphatic carbocycles. The molecule has 0 saturated carbocycles. The van der Waals surface area contributed by atoms with Crippen LogP contribution in [-0.2, 0) is 9.59 Å². The van der Waals surface area contributed by atoms with Gasteiger partial charge < -0.3 is 15.3 Å². The Labute approximate surface area is 126 Å². The monoisotopic (exact) mass is 294 g/mol. The number of aliphatic carboxylic acids is 1. The molecular formula is C16H26N2O3. The highest BCUT2D eigenvalue weighted by Crippen LogP contribution is 2.35. The van der Waals surface area contributed by atoms with Gasteiger partial charge in [0.25, 0.3) is 0 Å². The molecule has 0 radical (unpaired) electrons. The molecule has 0 aromatic heterocycles. The summed E-state index contributed by atoms with van der Waals surface area (Å²) in [6, 6.07) is 1.25.